The maximum absolute atomic E-state index is 11.1. The number of carbonyl (C=O) groups excluding carboxylic acids is 1. The molecule has 0 saturated heterocycles. The number of hydrogen-bond donors (Lipinski definition) is 1. The monoisotopic (exact) mass is 342 g/mol. The number of nitriles is 1. The van der Waals surface area contributed by atoms with E-state index in [1.165, 1.54) is 13.2 Å². The van der Waals surface area contributed by atoms with Crippen molar-refractivity contribution in [3.8, 4) is 17.6 Å². The first-order valence-electron chi connectivity index (χ1n) is 7.01. The van der Waals surface area contributed by atoms with Crippen LogP contribution in [0.4, 0.5) is 0 Å². The van der Waals surface area contributed by atoms with E-state index in [0.29, 0.717) is 22.1 Å². The van der Waals surface area contributed by atoms with Crippen LogP contribution in [0.1, 0.15) is 11.1 Å². The van der Waals surface area contributed by atoms with Gasteiger partial charge in [0.25, 0.3) is 5.91 Å². The highest BCUT2D eigenvalue weighted by atomic mass is 35.5. The molecule has 5 nitrogen and oxygen atoms in total. The van der Waals surface area contributed by atoms with Crippen molar-refractivity contribution in [2.75, 3.05) is 7.11 Å². The van der Waals surface area contributed by atoms with E-state index in [1.807, 2.05) is 18.2 Å². The molecule has 0 unspecified atom stereocenters. The van der Waals surface area contributed by atoms with Gasteiger partial charge in [0.1, 0.15) is 18.2 Å². The summed E-state index contributed by atoms with van der Waals surface area (Å²) in [6.07, 6.45) is 1.39. The molecule has 1 amide bonds. The summed E-state index contributed by atoms with van der Waals surface area (Å²) in [7, 11) is 1.50. The second-order valence-electron chi connectivity index (χ2n) is 4.82. The second-order valence-corrected chi connectivity index (χ2v) is 5.23. The second kappa shape index (κ2) is 8.04. The zero-order valence-corrected chi connectivity index (χ0v) is 13.7. The van der Waals surface area contributed by atoms with Gasteiger partial charge in [-0.15, -0.1) is 0 Å². The molecular formula is C18H15ClN2O3. The van der Waals surface area contributed by atoms with Crippen molar-refractivity contribution in [3.05, 3.63) is 64.2 Å². The lowest BCUT2D eigenvalue weighted by molar-refractivity contribution is -0.114. The molecule has 0 radical (unpaired) electrons. The van der Waals surface area contributed by atoms with Crippen LogP contribution in [-0.4, -0.2) is 13.0 Å². The van der Waals surface area contributed by atoms with E-state index >= 15 is 0 Å². The summed E-state index contributed by atoms with van der Waals surface area (Å²) >= 11 is 6.10. The smallest absolute Gasteiger partial charge is 0.259 e. The number of amides is 1. The molecule has 0 heterocycles. The Morgan fingerprint density at radius 2 is 2.04 bits per heavy atom. The summed E-state index contributed by atoms with van der Waals surface area (Å²) < 4.78 is 11.0. The number of nitrogens with zero attached hydrogens (tertiary/aromatic N) is 1. The summed E-state index contributed by atoms with van der Waals surface area (Å²) in [6.45, 7) is 0.288. The molecule has 0 aromatic heterocycles. The minimum atomic E-state index is -0.782. The highest BCUT2D eigenvalue weighted by Crippen LogP contribution is 2.30. The number of rotatable bonds is 6. The number of halogens is 1. The summed E-state index contributed by atoms with van der Waals surface area (Å²) in [6, 6.07) is 14.2. The van der Waals surface area contributed by atoms with Crippen molar-refractivity contribution >= 4 is 23.6 Å². The van der Waals surface area contributed by atoms with Crippen LogP contribution in [0.3, 0.4) is 0 Å². The van der Waals surface area contributed by atoms with Crippen LogP contribution in [0.25, 0.3) is 6.08 Å². The van der Waals surface area contributed by atoms with E-state index in [1.54, 1.807) is 30.3 Å². The largest absolute Gasteiger partial charge is 0.493 e. The van der Waals surface area contributed by atoms with Crippen molar-refractivity contribution in [2.45, 2.75) is 6.61 Å². The number of carbonyl (C=O) groups is 1. The predicted molar refractivity (Wildman–Crippen MR) is 91.6 cm³/mol. The molecule has 2 N–H and O–H groups in total. The molecule has 2 aromatic rings. The van der Waals surface area contributed by atoms with Gasteiger partial charge in [0, 0.05) is 10.6 Å². The molecule has 2 rings (SSSR count). The van der Waals surface area contributed by atoms with Crippen LogP contribution in [0, 0.1) is 11.3 Å². The Labute approximate surface area is 144 Å². The number of primary amides is 1. The molecule has 0 aliphatic heterocycles. The average Bonchev–Trinajstić information content (AvgIpc) is 2.59. The Morgan fingerprint density at radius 1 is 1.29 bits per heavy atom. The first-order valence-corrected chi connectivity index (χ1v) is 7.38. The molecule has 0 spiro atoms. The van der Waals surface area contributed by atoms with Gasteiger partial charge < -0.3 is 15.2 Å². The van der Waals surface area contributed by atoms with E-state index in [-0.39, 0.29) is 12.2 Å². The van der Waals surface area contributed by atoms with Gasteiger partial charge in [-0.05, 0) is 29.8 Å². The molecule has 0 fully saturated rings. The van der Waals surface area contributed by atoms with Gasteiger partial charge in [0.15, 0.2) is 11.5 Å². The van der Waals surface area contributed by atoms with E-state index in [9.17, 15) is 4.79 Å². The Morgan fingerprint density at radius 3 is 2.67 bits per heavy atom. The minimum Gasteiger partial charge on any atom is -0.493 e. The third-order valence-electron chi connectivity index (χ3n) is 3.23. The Kier molecular flexibility index (Phi) is 5.83. The summed E-state index contributed by atoms with van der Waals surface area (Å²) in [5.41, 5.74) is 6.44. The molecule has 0 aliphatic rings. The van der Waals surface area contributed by atoms with Gasteiger partial charge >= 0.3 is 0 Å². The standard InChI is InChI=1S/C18H15ClN2O3/c1-23-17-9-12(8-14(10-20)18(21)22)6-7-16(17)24-11-13-4-2-3-5-15(13)19/h2-9H,11H2,1H3,(H2,21,22)/b14-8+. The number of benzene rings is 2. The number of nitrogens with two attached hydrogens (primary N) is 1. The molecule has 0 atom stereocenters. The first kappa shape index (κ1) is 17.4. The zero-order valence-electron chi connectivity index (χ0n) is 13.0. The minimum absolute atomic E-state index is 0.137. The van der Waals surface area contributed by atoms with Crippen LogP contribution in [0.15, 0.2) is 48.0 Å². The topological polar surface area (TPSA) is 85.3 Å². The van der Waals surface area contributed by atoms with Crippen LogP contribution in [-0.2, 0) is 11.4 Å². The molecule has 6 heteroatoms. The van der Waals surface area contributed by atoms with Crippen molar-refractivity contribution < 1.29 is 14.3 Å². The van der Waals surface area contributed by atoms with Gasteiger partial charge in [-0.25, -0.2) is 0 Å². The highest BCUT2D eigenvalue weighted by molar-refractivity contribution is 6.31. The number of hydrogen-bond acceptors (Lipinski definition) is 4. The number of ether oxygens (including phenoxy) is 2. The molecule has 24 heavy (non-hydrogen) atoms. The Balaban J connectivity index is 2.22. The summed E-state index contributed by atoms with van der Waals surface area (Å²) in [5, 5.41) is 9.51. The highest BCUT2D eigenvalue weighted by Gasteiger charge is 2.09. The summed E-state index contributed by atoms with van der Waals surface area (Å²) in [5.74, 6) is 0.209. The van der Waals surface area contributed by atoms with Gasteiger partial charge in [-0.3, -0.25) is 4.79 Å². The van der Waals surface area contributed by atoms with Crippen LogP contribution in [0.5, 0.6) is 11.5 Å². The van der Waals surface area contributed by atoms with Gasteiger partial charge in [-0.1, -0.05) is 35.9 Å². The van der Waals surface area contributed by atoms with E-state index in [4.69, 9.17) is 32.1 Å². The molecule has 0 bridgehead atoms. The number of methoxy groups -OCH3 is 1. The maximum atomic E-state index is 11.1. The van der Waals surface area contributed by atoms with Gasteiger partial charge in [0.05, 0.1) is 7.11 Å². The van der Waals surface area contributed by atoms with Crippen LogP contribution in [0.2, 0.25) is 5.02 Å². The first-order chi connectivity index (χ1) is 11.5. The van der Waals surface area contributed by atoms with E-state index in [2.05, 4.69) is 0 Å². The lowest BCUT2D eigenvalue weighted by Gasteiger charge is -2.12. The zero-order chi connectivity index (χ0) is 17.5. The molecule has 0 saturated carbocycles. The normalized spacial score (nSPS) is 10.8. The Bertz CT molecular complexity index is 825. The van der Waals surface area contributed by atoms with Gasteiger partial charge in [0.2, 0.25) is 0 Å². The third-order valence-corrected chi connectivity index (χ3v) is 3.59. The van der Waals surface area contributed by atoms with Gasteiger partial charge in [-0.2, -0.15) is 5.26 Å². The lowest BCUT2D eigenvalue weighted by atomic mass is 10.1. The Hall–Kier alpha value is -2.97. The van der Waals surface area contributed by atoms with Crippen molar-refractivity contribution in [1.82, 2.24) is 0 Å². The quantitative estimate of drug-likeness (QED) is 0.644. The molecular weight excluding hydrogens is 328 g/mol. The van der Waals surface area contributed by atoms with Crippen molar-refractivity contribution in [3.63, 3.8) is 0 Å². The summed E-state index contributed by atoms with van der Waals surface area (Å²) in [4.78, 5) is 11.1. The molecule has 122 valence electrons. The van der Waals surface area contributed by atoms with Crippen LogP contribution >= 0.6 is 11.6 Å². The third kappa shape index (κ3) is 4.28. The van der Waals surface area contributed by atoms with Crippen LogP contribution < -0.4 is 15.2 Å². The molecule has 2 aromatic carbocycles. The fourth-order valence-electron chi connectivity index (χ4n) is 1.99. The fraction of sp³-hybridized carbons (Fsp3) is 0.111. The predicted octanol–water partition coefficient (Wildman–Crippen LogP) is 3.32. The lowest BCUT2D eigenvalue weighted by Crippen LogP contribution is -2.12. The average molecular weight is 343 g/mol. The van der Waals surface area contributed by atoms with Crippen molar-refractivity contribution in [2.24, 2.45) is 5.73 Å². The van der Waals surface area contributed by atoms with E-state index < -0.39 is 5.91 Å². The fourth-order valence-corrected chi connectivity index (χ4v) is 2.18. The van der Waals surface area contributed by atoms with Crippen molar-refractivity contribution in [1.29, 1.82) is 5.26 Å². The van der Waals surface area contributed by atoms with E-state index in [0.717, 1.165) is 5.56 Å². The maximum Gasteiger partial charge on any atom is 0.259 e. The SMILES string of the molecule is COc1cc(/C=C(\C#N)C(N)=O)ccc1OCc1ccccc1Cl. The molecule has 0 aliphatic carbocycles.